The molecule has 3 rings (SSSR count). The average molecular weight is 467 g/mol. The second kappa shape index (κ2) is 9.82. The van der Waals surface area contributed by atoms with Gasteiger partial charge in [0.15, 0.2) is 0 Å². The lowest BCUT2D eigenvalue weighted by Gasteiger charge is -2.29. The molecule has 1 aliphatic rings. The Balaban J connectivity index is 1.90. The highest BCUT2D eigenvalue weighted by molar-refractivity contribution is 5.86. The molecule has 8 nitrogen and oxygen atoms in total. The Hall–Kier alpha value is -3.08. The van der Waals surface area contributed by atoms with Crippen molar-refractivity contribution in [3.05, 3.63) is 41.9 Å². The first-order valence-corrected chi connectivity index (χ1v) is 10.5. The zero-order chi connectivity index (χ0) is 24.3. The molecule has 2 amide bonds. The van der Waals surface area contributed by atoms with Crippen LogP contribution in [-0.4, -0.2) is 70.9 Å². The molecule has 1 fully saturated rings. The molecule has 2 heterocycles. The summed E-state index contributed by atoms with van der Waals surface area (Å²) in [5.74, 6) is -0.434. The Morgan fingerprint density at radius 3 is 2.52 bits per heavy atom. The standard InChI is InChI=1S/C22H28F3N5O3/c1-13(2)18(28-21(32)33-4)20(31)30-12-29(11-22(23,24)25)10-17(30)19-26-9-16(27-19)15-7-5-14(3)6-8-15/h5-9,13,17-18H,10-12H2,1-4H3,(H,26,27)(H,28,32)/t17-,18-/m0/s1. The number of aromatic nitrogens is 2. The summed E-state index contributed by atoms with van der Waals surface area (Å²) in [6, 6.07) is 6.01. The second-order valence-electron chi connectivity index (χ2n) is 8.50. The van der Waals surface area contributed by atoms with Gasteiger partial charge in [-0.2, -0.15) is 13.2 Å². The summed E-state index contributed by atoms with van der Waals surface area (Å²) in [6.45, 7) is 3.99. The number of imidazole rings is 1. The summed E-state index contributed by atoms with van der Waals surface area (Å²) >= 11 is 0. The summed E-state index contributed by atoms with van der Waals surface area (Å²) in [5.41, 5.74) is 2.65. The van der Waals surface area contributed by atoms with E-state index in [4.69, 9.17) is 0 Å². The zero-order valence-corrected chi connectivity index (χ0v) is 18.9. The number of rotatable bonds is 6. The molecule has 2 N–H and O–H groups in total. The normalized spacial score (nSPS) is 17.9. The van der Waals surface area contributed by atoms with E-state index in [2.05, 4.69) is 20.0 Å². The predicted octanol–water partition coefficient (Wildman–Crippen LogP) is 3.47. The van der Waals surface area contributed by atoms with Crippen LogP contribution in [0.2, 0.25) is 0 Å². The highest BCUT2D eigenvalue weighted by Crippen LogP contribution is 2.31. The largest absolute Gasteiger partial charge is 0.453 e. The molecule has 0 bridgehead atoms. The minimum absolute atomic E-state index is 0.0465. The number of methoxy groups -OCH3 is 1. The van der Waals surface area contributed by atoms with Gasteiger partial charge in [0, 0.05) is 6.54 Å². The number of alkyl halides is 3. The molecule has 0 saturated carbocycles. The van der Waals surface area contributed by atoms with Crippen molar-refractivity contribution in [3.63, 3.8) is 0 Å². The van der Waals surface area contributed by atoms with Crippen LogP contribution in [0.15, 0.2) is 30.5 Å². The number of H-pyrrole nitrogens is 1. The SMILES string of the molecule is COC(=O)N[C@H](C(=O)N1CN(CC(F)(F)F)C[C@H]1c1ncc(-c2ccc(C)cc2)[nH]1)C(C)C. The highest BCUT2D eigenvalue weighted by Gasteiger charge is 2.43. The van der Waals surface area contributed by atoms with Crippen molar-refractivity contribution < 1.29 is 27.5 Å². The van der Waals surface area contributed by atoms with Gasteiger partial charge in [0.25, 0.3) is 0 Å². The van der Waals surface area contributed by atoms with Gasteiger partial charge in [-0.3, -0.25) is 9.69 Å². The number of aryl methyl sites for hydroxylation is 1. The van der Waals surface area contributed by atoms with Crippen molar-refractivity contribution >= 4 is 12.0 Å². The highest BCUT2D eigenvalue weighted by atomic mass is 19.4. The quantitative estimate of drug-likeness (QED) is 0.679. The summed E-state index contributed by atoms with van der Waals surface area (Å²) in [6.07, 6.45) is -3.60. The van der Waals surface area contributed by atoms with Crippen molar-refractivity contribution in [2.45, 2.75) is 39.0 Å². The maximum Gasteiger partial charge on any atom is 0.407 e. The summed E-state index contributed by atoms with van der Waals surface area (Å²) in [5, 5.41) is 2.49. The van der Waals surface area contributed by atoms with Crippen molar-refractivity contribution in [3.8, 4) is 11.3 Å². The van der Waals surface area contributed by atoms with E-state index in [9.17, 15) is 22.8 Å². The van der Waals surface area contributed by atoms with Crippen LogP contribution in [0.5, 0.6) is 0 Å². The van der Waals surface area contributed by atoms with Crippen LogP contribution in [0, 0.1) is 12.8 Å². The van der Waals surface area contributed by atoms with Gasteiger partial charge in [-0.15, -0.1) is 0 Å². The Morgan fingerprint density at radius 2 is 1.94 bits per heavy atom. The molecule has 0 radical (unpaired) electrons. The molecule has 1 aromatic carbocycles. The smallest absolute Gasteiger partial charge is 0.407 e. The molecule has 0 unspecified atom stereocenters. The van der Waals surface area contributed by atoms with Crippen LogP contribution >= 0.6 is 0 Å². The Bertz CT molecular complexity index is 974. The van der Waals surface area contributed by atoms with E-state index >= 15 is 0 Å². The molecular weight excluding hydrogens is 439 g/mol. The third kappa shape index (κ3) is 6.04. The lowest BCUT2D eigenvalue weighted by atomic mass is 10.0. The monoisotopic (exact) mass is 467 g/mol. The van der Waals surface area contributed by atoms with Crippen LogP contribution in [-0.2, 0) is 9.53 Å². The molecule has 11 heteroatoms. The zero-order valence-electron chi connectivity index (χ0n) is 18.9. The minimum Gasteiger partial charge on any atom is -0.453 e. The molecule has 2 aromatic rings. The van der Waals surface area contributed by atoms with Gasteiger partial charge in [0.1, 0.15) is 17.9 Å². The number of carbonyl (C=O) groups excluding carboxylic acids is 2. The topological polar surface area (TPSA) is 90.6 Å². The third-order valence-corrected chi connectivity index (χ3v) is 5.51. The Morgan fingerprint density at radius 1 is 1.27 bits per heavy atom. The fourth-order valence-corrected chi connectivity index (χ4v) is 3.80. The maximum absolute atomic E-state index is 13.4. The molecule has 1 aromatic heterocycles. The fraction of sp³-hybridized carbons (Fsp3) is 0.500. The number of aromatic amines is 1. The number of halogens is 3. The fourth-order valence-electron chi connectivity index (χ4n) is 3.80. The van der Waals surface area contributed by atoms with Crippen LogP contribution < -0.4 is 5.32 Å². The van der Waals surface area contributed by atoms with Gasteiger partial charge in [0.05, 0.1) is 32.2 Å². The van der Waals surface area contributed by atoms with E-state index in [1.807, 2.05) is 31.2 Å². The van der Waals surface area contributed by atoms with Crippen molar-refractivity contribution in [1.29, 1.82) is 0 Å². The van der Waals surface area contributed by atoms with Crippen molar-refractivity contribution in [2.75, 3.05) is 26.9 Å². The second-order valence-corrected chi connectivity index (χ2v) is 8.50. The third-order valence-electron chi connectivity index (χ3n) is 5.51. The molecule has 1 saturated heterocycles. The van der Waals surface area contributed by atoms with E-state index in [1.54, 1.807) is 20.0 Å². The van der Waals surface area contributed by atoms with E-state index in [0.717, 1.165) is 16.0 Å². The van der Waals surface area contributed by atoms with Crippen LogP contribution in [0.3, 0.4) is 0 Å². The lowest BCUT2D eigenvalue weighted by Crippen LogP contribution is -2.51. The van der Waals surface area contributed by atoms with Gasteiger partial charge in [-0.05, 0) is 18.4 Å². The molecule has 2 atom stereocenters. The first-order valence-electron chi connectivity index (χ1n) is 10.5. The van der Waals surface area contributed by atoms with Gasteiger partial charge < -0.3 is 19.9 Å². The summed E-state index contributed by atoms with van der Waals surface area (Å²) in [7, 11) is 1.18. The lowest BCUT2D eigenvalue weighted by molar-refractivity contribution is -0.148. The van der Waals surface area contributed by atoms with Gasteiger partial charge >= 0.3 is 12.3 Å². The first kappa shape index (κ1) is 24.6. The number of ether oxygens (including phenoxy) is 1. The number of hydrogen-bond acceptors (Lipinski definition) is 5. The number of nitrogens with one attached hydrogen (secondary N) is 2. The average Bonchev–Trinajstić information content (AvgIpc) is 3.37. The van der Waals surface area contributed by atoms with Gasteiger partial charge in [-0.1, -0.05) is 43.7 Å². The Labute approximate surface area is 190 Å². The summed E-state index contributed by atoms with van der Waals surface area (Å²) < 4.78 is 43.9. The molecule has 0 spiro atoms. The minimum atomic E-state index is -4.42. The molecule has 1 aliphatic heterocycles. The number of nitrogens with zero attached hydrogens (tertiary/aromatic N) is 3. The Kier molecular flexibility index (Phi) is 7.31. The van der Waals surface area contributed by atoms with E-state index in [-0.39, 0.29) is 19.1 Å². The van der Waals surface area contributed by atoms with Crippen LogP contribution in [0.1, 0.15) is 31.3 Å². The van der Waals surface area contributed by atoms with Crippen LogP contribution in [0.4, 0.5) is 18.0 Å². The van der Waals surface area contributed by atoms with Crippen LogP contribution in [0.25, 0.3) is 11.3 Å². The van der Waals surface area contributed by atoms with E-state index < -0.39 is 36.8 Å². The molecular formula is C22H28F3N5O3. The van der Waals surface area contributed by atoms with Crippen molar-refractivity contribution in [1.82, 2.24) is 25.1 Å². The first-order chi connectivity index (χ1) is 15.5. The van der Waals surface area contributed by atoms with Gasteiger partial charge in [-0.25, -0.2) is 9.78 Å². The number of carbonyl (C=O) groups is 2. The number of amides is 2. The van der Waals surface area contributed by atoms with E-state index in [1.165, 1.54) is 12.0 Å². The molecule has 33 heavy (non-hydrogen) atoms. The maximum atomic E-state index is 13.4. The van der Waals surface area contributed by atoms with Gasteiger partial charge in [0.2, 0.25) is 5.91 Å². The predicted molar refractivity (Wildman–Crippen MR) is 115 cm³/mol. The van der Waals surface area contributed by atoms with E-state index in [0.29, 0.717) is 11.5 Å². The van der Waals surface area contributed by atoms with Crippen molar-refractivity contribution in [2.24, 2.45) is 5.92 Å². The molecule has 180 valence electrons. The number of benzene rings is 1. The number of alkyl carbamates (subject to hydrolysis) is 1. The number of hydrogen-bond donors (Lipinski definition) is 2. The summed E-state index contributed by atoms with van der Waals surface area (Å²) in [4.78, 5) is 35.1. The molecule has 0 aliphatic carbocycles.